The van der Waals surface area contributed by atoms with Gasteiger partial charge in [0.25, 0.3) is 0 Å². The van der Waals surface area contributed by atoms with Gasteiger partial charge in [-0.05, 0) is 41.3 Å². The first-order valence-electron chi connectivity index (χ1n) is 8.85. The molecule has 0 unspecified atom stereocenters. The van der Waals surface area contributed by atoms with E-state index in [4.69, 9.17) is 4.98 Å². The first-order valence-corrected chi connectivity index (χ1v) is 8.85. The fourth-order valence-electron chi connectivity index (χ4n) is 3.44. The zero-order valence-electron chi connectivity index (χ0n) is 14.7. The van der Waals surface area contributed by atoms with Gasteiger partial charge in [-0.15, -0.1) is 0 Å². The second-order valence-electron chi connectivity index (χ2n) is 6.47. The van der Waals surface area contributed by atoms with Crippen molar-refractivity contribution in [3.63, 3.8) is 0 Å². The number of para-hydroxylation sites is 2. The topological polar surface area (TPSA) is 17.8 Å². The Morgan fingerprint density at radius 3 is 2.32 bits per heavy atom. The molecule has 0 bridgehead atoms. The highest BCUT2D eigenvalue weighted by Gasteiger charge is 2.09. The van der Waals surface area contributed by atoms with Crippen LogP contribution in [-0.4, -0.2) is 9.55 Å². The molecule has 124 valence electrons. The van der Waals surface area contributed by atoms with E-state index < -0.39 is 0 Å². The summed E-state index contributed by atoms with van der Waals surface area (Å²) in [6, 6.07) is 25.8. The number of imidazole rings is 1. The van der Waals surface area contributed by atoms with E-state index in [1.54, 1.807) is 0 Å². The summed E-state index contributed by atoms with van der Waals surface area (Å²) in [4.78, 5) is 4.77. The van der Waals surface area contributed by atoms with Gasteiger partial charge in [0.2, 0.25) is 0 Å². The van der Waals surface area contributed by atoms with Crippen LogP contribution in [0.1, 0.15) is 23.9 Å². The van der Waals surface area contributed by atoms with E-state index in [0.29, 0.717) is 0 Å². The minimum Gasteiger partial charge on any atom is -0.323 e. The van der Waals surface area contributed by atoms with Gasteiger partial charge in [-0.2, -0.15) is 0 Å². The Kier molecular flexibility index (Phi) is 4.10. The average molecular weight is 326 g/mol. The summed E-state index contributed by atoms with van der Waals surface area (Å²) in [7, 11) is 0. The third-order valence-electron chi connectivity index (χ3n) is 4.80. The van der Waals surface area contributed by atoms with Gasteiger partial charge >= 0.3 is 0 Å². The van der Waals surface area contributed by atoms with Crippen molar-refractivity contribution in [3.8, 4) is 11.1 Å². The maximum atomic E-state index is 4.77. The molecule has 0 aliphatic rings. The summed E-state index contributed by atoms with van der Waals surface area (Å²) in [6.45, 7) is 5.19. The van der Waals surface area contributed by atoms with Crippen molar-refractivity contribution in [1.82, 2.24) is 9.55 Å². The lowest BCUT2D eigenvalue weighted by Crippen LogP contribution is -2.04. The molecule has 0 aliphatic carbocycles. The second kappa shape index (κ2) is 6.56. The van der Waals surface area contributed by atoms with Crippen molar-refractivity contribution in [2.75, 3.05) is 0 Å². The minimum absolute atomic E-state index is 0.859. The predicted octanol–water partition coefficient (Wildman–Crippen LogP) is 5.62. The number of nitrogens with zero attached hydrogens (tertiary/aromatic N) is 2. The van der Waals surface area contributed by atoms with Crippen molar-refractivity contribution in [1.29, 1.82) is 0 Å². The van der Waals surface area contributed by atoms with E-state index in [1.807, 2.05) is 0 Å². The molecule has 4 aromatic rings. The van der Waals surface area contributed by atoms with Crippen molar-refractivity contribution in [2.24, 2.45) is 0 Å². The summed E-state index contributed by atoms with van der Waals surface area (Å²) < 4.78 is 2.33. The van der Waals surface area contributed by atoms with Gasteiger partial charge in [-0.3, -0.25) is 0 Å². The van der Waals surface area contributed by atoms with Crippen LogP contribution < -0.4 is 0 Å². The highest BCUT2D eigenvalue weighted by molar-refractivity contribution is 5.76. The van der Waals surface area contributed by atoms with Gasteiger partial charge < -0.3 is 4.57 Å². The Morgan fingerprint density at radius 1 is 0.840 bits per heavy atom. The standard InChI is InChI=1S/C23H22N2/c1-3-23-24-21-10-6-7-11-22(21)25(23)16-18-12-14-19(15-13-18)20-9-5-4-8-17(20)2/h4-15H,3,16H2,1-2H3. The van der Waals surface area contributed by atoms with Crippen LogP contribution >= 0.6 is 0 Å². The number of aryl methyl sites for hydroxylation is 2. The van der Waals surface area contributed by atoms with Crippen LogP contribution in [0.15, 0.2) is 72.8 Å². The summed E-state index contributed by atoms with van der Waals surface area (Å²) in [5, 5.41) is 0. The molecule has 3 aromatic carbocycles. The normalized spacial score (nSPS) is 11.1. The summed E-state index contributed by atoms with van der Waals surface area (Å²) in [5.41, 5.74) is 7.47. The summed E-state index contributed by atoms with van der Waals surface area (Å²) in [6.07, 6.45) is 0.940. The van der Waals surface area contributed by atoms with E-state index in [-0.39, 0.29) is 0 Å². The molecule has 0 saturated carbocycles. The maximum absolute atomic E-state index is 4.77. The van der Waals surface area contributed by atoms with Crippen molar-refractivity contribution in [3.05, 3.63) is 89.7 Å². The third kappa shape index (κ3) is 2.96. The van der Waals surface area contributed by atoms with E-state index in [0.717, 1.165) is 24.3 Å². The Labute approximate surface area is 148 Å². The van der Waals surface area contributed by atoms with E-state index in [2.05, 4.69) is 91.2 Å². The van der Waals surface area contributed by atoms with E-state index >= 15 is 0 Å². The number of fused-ring (bicyclic) bond motifs is 1. The fourth-order valence-corrected chi connectivity index (χ4v) is 3.44. The quantitative estimate of drug-likeness (QED) is 0.476. The Hall–Kier alpha value is -2.87. The molecule has 0 spiro atoms. The monoisotopic (exact) mass is 326 g/mol. The fraction of sp³-hybridized carbons (Fsp3) is 0.174. The highest BCUT2D eigenvalue weighted by atomic mass is 15.1. The van der Waals surface area contributed by atoms with Gasteiger partial charge in [0.05, 0.1) is 11.0 Å². The van der Waals surface area contributed by atoms with Crippen molar-refractivity contribution < 1.29 is 0 Å². The zero-order valence-corrected chi connectivity index (χ0v) is 14.7. The van der Waals surface area contributed by atoms with Crippen molar-refractivity contribution >= 4 is 11.0 Å². The molecular weight excluding hydrogens is 304 g/mol. The number of benzene rings is 3. The van der Waals surface area contributed by atoms with Gasteiger partial charge in [0.15, 0.2) is 0 Å². The van der Waals surface area contributed by atoms with Gasteiger partial charge in [-0.1, -0.05) is 67.6 Å². The number of rotatable bonds is 4. The third-order valence-corrected chi connectivity index (χ3v) is 4.80. The molecule has 0 amide bonds. The number of hydrogen-bond acceptors (Lipinski definition) is 1. The van der Waals surface area contributed by atoms with Gasteiger partial charge in [0.1, 0.15) is 5.82 Å². The minimum atomic E-state index is 0.859. The van der Waals surface area contributed by atoms with E-state index in [1.165, 1.54) is 27.8 Å². The highest BCUT2D eigenvalue weighted by Crippen LogP contribution is 2.24. The van der Waals surface area contributed by atoms with Crippen LogP contribution in [0.25, 0.3) is 22.2 Å². The lowest BCUT2D eigenvalue weighted by Gasteiger charge is -2.10. The molecule has 2 nitrogen and oxygen atoms in total. The first kappa shape index (κ1) is 15.6. The predicted molar refractivity (Wildman–Crippen MR) is 105 cm³/mol. The largest absolute Gasteiger partial charge is 0.323 e. The van der Waals surface area contributed by atoms with Gasteiger partial charge in [-0.25, -0.2) is 4.98 Å². The van der Waals surface area contributed by atoms with Gasteiger partial charge in [0, 0.05) is 13.0 Å². The average Bonchev–Trinajstić information content (AvgIpc) is 3.01. The Balaban J connectivity index is 1.67. The smallest absolute Gasteiger partial charge is 0.109 e. The number of aromatic nitrogens is 2. The Morgan fingerprint density at radius 2 is 1.56 bits per heavy atom. The molecule has 0 aliphatic heterocycles. The van der Waals surface area contributed by atoms with Crippen molar-refractivity contribution in [2.45, 2.75) is 26.8 Å². The van der Waals surface area contributed by atoms with Crippen LogP contribution in [-0.2, 0) is 13.0 Å². The second-order valence-corrected chi connectivity index (χ2v) is 6.47. The molecule has 25 heavy (non-hydrogen) atoms. The van der Waals surface area contributed by atoms with Crippen LogP contribution in [0, 0.1) is 6.92 Å². The Bertz CT molecular complexity index is 1010. The first-order chi connectivity index (χ1) is 12.3. The molecule has 0 N–H and O–H groups in total. The molecule has 0 atom stereocenters. The summed E-state index contributed by atoms with van der Waals surface area (Å²) >= 11 is 0. The lowest BCUT2D eigenvalue weighted by molar-refractivity contribution is 0.753. The summed E-state index contributed by atoms with van der Waals surface area (Å²) in [5.74, 6) is 1.14. The molecular formula is C23H22N2. The molecule has 2 heteroatoms. The van der Waals surface area contributed by atoms with Crippen LogP contribution in [0.3, 0.4) is 0 Å². The molecule has 0 saturated heterocycles. The van der Waals surface area contributed by atoms with Crippen LogP contribution in [0.2, 0.25) is 0 Å². The van der Waals surface area contributed by atoms with Crippen LogP contribution in [0.4, 0.5) is 0 Å². The molecule has 1 aromatic heterocycles. The molecule has 4 rings (SSSR count). The molecule has 0 radical (unpaired) electrons. The lowest BCUT2D eigenvalue weighted by atomic mass is 9.99. The van der Waals surface area contributed by atoms with Crippen LogP contribution in [0.5, 0.6) is 0 Å². The number of hydrogen-bond donors (Lipinski definition) is 0. The SMILES string of the molecule is CCc1nc2ccccc2n1Cc1ccc(-c2ccccc2C)cc1. The molecule has 1 heterocycles. The zero-order chi connectivity index (χ0) is 17.2. The molecule has 0 fully saturated rings. The maximum Gasteiger partial charge on any atom is 0.109 e. The van der Waals surface area contributed by atoms with E-state index in [9.17, 15) is 0 Å².